The van der Waals surface area contributed by atoms with Crippen LogP contribution in [0.2, 0.25) is 10.0 Å². The number of carbonyl (C=O) groups is 2. The van der Waals surface area contributed by atoms with Gasteiger partial charge in [-0.25, -0.2) is 0 Å². The Morgan fingerprint density at radius 2 is 1.74 bits per heavy atom. The van der Waals surface area contributed by atoms with Gasteiger partial charge in [0.25, 0.3) is 0 Å². The zero-order valence-corrected chi connectivity index (χ0v) is 14.5. The molecule has 0 spiro atoms. The summed E-state index contributed by atoms with van der Waals surface area (Å²) >= 11 is 11.8. The number of benzene rings is 1. The van der Waals surface area contributed by atoms with Crippen molar-refractivity contribution in [3.05, 3.63) is 28.2 Å². The van der Waals surface area contributed by atoms with E-state index >= 15 is 0 Å². The molecule has 0 radical (unpaired) electrons. The maximum absolute atomic E-state index is 12.7. The molecule has 0 aromatic heterocycles. The van der Waals surface area contributed by atoms with Gasteiger partial charge in [-0.3, -0.25) is 9.59 Å². The number of carbonyl (C=O) groups excluding carboxylic acids is 2. The number of piperazine rings is 1. The minimum Gasteiger partial charge on any atom is -0.339 e. The molecule has 1 N–H and O–H groups in total. The van der Waals surface area contributed by atoms with Gasteiger partial charge in [-0.15, -0.1) is 0 Å². The average molecular weight is 356 g/mol. The number of nitrogens with one attached hydrogen (secondary N) is 1. The normalized spacial score (nSPS) is 20.2. The first-order valence-electron chi connectivity index (χ1n) is 7.67. The van der Waals surface area contributed by atoms with Crippen LogP contribution in [0, 0.1) is 5.41 Å². The zero-order valence-electron chi connectivity index (χ0n) is 12.9. The fraction of sp³-hybridized carbons (Fsp3) is 0.500. The number of rotatable bonds is 3. The van der Waals surface area contributed by atoms with E-state index in [0.29, 0.717) is 41.7 Å². The number of halogens is 2. The Hall–Kier alpha value is -1.30. The quantitative estimate of drug-likeness (QED) is 0.847. The summed E-state index contributed by atoms with van der Waals surface area (Å²) in [5.41, 5.74) is -0.343. The summed E-state index contributed by atoms with van der Waals surface area (Å²) < 4.78 is 0. The summed E-state index contributed by atoms with van der Waals surface area (Å²) in [6.07, 6.45) is 1.21. The Kier molecular flexibility index (Phi) is 4.54. The lowest BCUT2D eigenvalue weighted by Crippen LogP contribution is -2.51. The fourth-order valence-electron chi connectivity index (χ4n) is 2.80. The monoisotopic (exact) mass is 355 g/mol. The van der Waals surface area contributed by atoms with E-state index in [2.05, 4.69) is 10.2 Å². The van der Waals surface area contributed by atoms with Gasteiger partial charge < -0.3 is 15.1 Å². The molecule has 0 atom stereocenters. The van der Waals surface area contributed by atoms with E-state index in [0.717, 1.165) is 13.1 Å². The summed E-state index contributed by atoms with van der Waals surface area (Å²) in [6.45, 7) is 3.04. The van der Waals surface area contributed by atoms with Crippen LogP contribution < -0.4 is 5.32 Å². The molecule has 1 saturated carbocycles. The minimum absolute atomic E-state index is 0.0526. The Morgan fingerprint density at radius 1 is 1.09 bits per heavy atom. The third-order valence-corrected chi connectivity index (χ3v) is 5.30. The van der Waals surface area contributed by atoms with Crippen LogP contribution >= 0.6 is 23.2 Å². The minimum atomic E-state index is -0.901. The number of amides is 2. The lowest BCUT2D eigenvalue weighted by molar-refractivity contribution is -0.143. The lowest BCUT2D eigenvalue weighted by atomic mass is 10.0. The van der Waals surface area contributed by atoms with Crippen molar-refractivity contribution in [3.63, 3.8) is 0 Å². The Morgan fingerprint density at radius 3 is 2.30 bits per heavy atom. The molecule has 5 nitrogen and oxygen atoms in total. The Balaban J connectivity index is 1.68. The van der Waals surface area contributed by atoms with Crippen molar-refractivity contribution in [2.45, 2.75) is 12.8 Å². The number of likely N-dealkylation sites (N-methyl/N-ethyl adjacent to an activating group) is 1. The third kappa shape index (κ3) is 3.32. The number of hydrogen-bond donors (Lipinski definition) is 1. The Bertz CT molecular complexity index is 638. The molecular weight excluding hydrogens is 337 g/mol. The maximum atomic E-state index is 12.7. The van der Waals surface area contributed by atoms with Crippen molar-refractivity contribution in [2.75, 3.05) is 38.5 Å². The van der Waals surface area contributed by atoms with Gasteiger partial charge in [-0.1, -0.05) is 23.2 Å². The van der Waals surface area contributed by atoms with E-state index in [1.54, 1.807) is 23.1 Å². The van der Waals surface area contributed by atoms with Crippen molar-refractivity contribution in [3.8, 4) is 0 Å². The van der Waals surface area contributed by atoms with Gasteiger partial charge in [-0.2, -0.15) is 0 Å². The van der Waals surface area contributed by atoms with Crippen LogP contribution in [0.25, 0.3) is 0 Å². The summed E-state index contributed by atoms with van der Waals surface area (Å²) in [5.74, 6) is -0.303. The van der Waals surface area contributed by atoms with Crippen LogP contribution in [0.5, 0.6) is 0 Å². The van der Waals surface area contributed by atoms with E-state index in [4.69, 9.17) is 23.2 Å². The summed E-state index contributed by atoms with van der Waals surface area (Å²) in [5, 5.41) is 3.61. The van der Waals surface area contributed by atoms with Crippen molar-refractivity contribution in [2.24, 2.45) is 5.41 Å². The van der Waals surface area contributed by atoms with Crippen LogP contribution in [-0.4, -0.2) is 54.8 Å². The smallest absolute Gasteiger partial charge is 0.240 e. The zero-order chi connectivity index (χ0) is 16.6. The van der Waals surface area contributed by atoms with Gasteiger partial charge in [0.1, 0.15) is 5.41 Å². The van der Waals surface area contributed by atoms with Gasteiger partial charge in [0.15, 0.2) is 0 Å². The average Bonchev–Trinajstić information content (AvgIpc) is 3.33. The topological polar surface area (TPSA) is 52.7 Å². The van der Waals surface area contributed by atoms with Gasteiger partial charge in [0, 0.05) is 31.9 Å². The molecule has 124 valence electrons. The molecule has 1 aromatic carbocycles. The third-order valence-electron chi connectivity index (χ3n) is 4.56. The number of anilines is 1. The van der Waals surface area contributed by atoms with Gasteiger partial charge in [0.05, 0.1) is 10.0 Å². The fourth-order valence-corrected chi connectivity index (χ4v) is 3.10. The molecule has 3 rings (SSSR count). The predicted molar refractivity (Wildman–Crippen MR) is 90.8 cm³/mol. The molecule has 1 aliphatic carbocycles. The largest absolute Gasteiger partial charge is 0.339 e. The molecule has 1 aliphatic heterocycles. The van der Waals surface area contributed by atoms with Crippen LogP contribution in [0.1, 0.15) is 12.8 Å². The molecule has 0 unspecified atom stereocenters. The summed E-state index contributed by atoms with van der Waals surface area (Å²) in [7, 11) is 2.03. The molecule has 0 bridgehead atoms. The summed E-state index contributed by atoms with van der Waals surface area (Å²) in [6, 6.07) is 4.90. The second kappa shape index (κ2) is 6.30. The molecule has 1 heterocycles. The second-order valence-electron chi connectivity index (χ2n) is 6.26. The molecule has 7 heteroatoms. The first-order chi connectivity index (χ1) is 10.9. The highest BCUT2D eigenvalue weighted by Crippen LogP contribution is 2.48. The van der Waals surface area contributed by atoms with Crippen LogP contribution in [-0.2, 0) is 9.59 Å². The van der Waals surface area contributed by atoms with E-state index < -0.39 is 5.41 Å². The Labute approximate surface area is 145 Å². The van der Waals surface area contributed by atoms with Crippen molar-refractivity contribution >= 4 is 40.7 Å². The highest BCUT2D eigenvalue weighted by Gasteiger charge is 2.58. The molecule has 23 heavy (non-hydrogen) atoms. The van der Waals surface area contributed by atoms with Crippen LogP contribution in [0.4, 0.5) is 5.69 Å². The predicted octanol–water partition coefficient (Wildman–Crippen LogP) is 2.49. The molecular formula is C16H19Cl2N3O2. The maximum Gasteiger partial charge on any atom is 0.240 e. The standard InChI is InChI=1S/C16H19Cl2N3O2/c1-20-6-8-21(9-7-20)15(23)16(4-5-16)14(22)19-11-2-3-12(17)13(18)10-11/h2-3,10H,4-9H2,1H3,(H,19,22). The highest BCUT2D eigenvalue weighted by molar-refractivity contribution is 6.42. The van der Waals surface area contributed by atoms with E-state index in [1.807, 2.05) is 7.05 Å². The van der Waals surface area contributed by atoms with Gasteiger partial charge >= 0.3 is 0 Å². The molecule has 1 aromatic rings. The number of nitrogens with zero attached hydrogens (tertiary/aromatic N) is 2. The molecule has 2 fully saturated rings. The highest BCUT2D eigenvalue weighted by atomic mass is 35.5. The van der Waals surface area contributed by atoms with E-state index in [1.165, 1.54) is 0 Å². The second-order valence-corrected chi connectivity index (χ2v) is 7.07. The summed E-state index contributed by atoms with van der Waals surface area (Å²) in [4.78, 5) is 29.3. The first kappa shape index (κ1) is 16.6. The number of hydrogen-bond acceptors (Lipinski definition) is 3. The van der Waals surface area contributed by atoms with Crippen molar-refractivity contribution in [1.82, 2.24) is 9.80 Å². The molecule has 2 aliphatic rings. The van der Waals surface area contributed by atoms with Crippen LogP contribution in [0.15, 0.2) is 18.2 Å². The van der Waals surface area contributed by atoms with Gasteiger partial charge in [-0.05, 0) is 38.1 Å². The van der Waals surface area contributed by atoms with Gasteiger partial charge in [0.2, 0.25) is 11.8 Å². The SMILES string of the molecule is CN1CCN(C(=O)C2(C(=O)Nc3ccc(Cl)c(Cl)c3)CC2)CC1. The van der Waals surface area contributed by atoms with Crippen LogP contribution in [0.3, 0.4) is 0 Å². The lowest BCUT2D eigenvalue weighted by Gasteiger charge is -2.34. The molecule has 2 amide bonds. The van der Waals surface area contributed by atoms with Crippen molar-refractivity contribution < 1.29 is 9.59 Å². The van der Waals surface area contributed by atoms with Crippen molar-refractivity contribution in [1.29, 1.82) is 0 Å². The van der Waals surface area contributed by atoms with E-state index in [9.17, 15) is 9.59 Å². The first-order valence-corrected chi connectivity index (χ1v) is 8.42. The van der Waals surface area contributed by atoms with E-state index in [-0.39, 0.29) is 11.8 Å². The molecule has 1 saturated heterocycles.